The largest absolute Gasteiger partial charge is 0.444 e. The summed E-state index contributed by atoms with van der Waals surface area (Å²) in [6.07, 6.45) is 2.24. The van der Waals surface area contributed by atoms with E-state index in [1.54, 1.807) is 0 Å². The van der Waals surface area contributed by atoms with Gasteiger partial charge in [-0.15, -0.1) is 0 Å². The maximum absolute atomic E-state index is 12.4. The molecular weight excluding hydrogens is 288 g/mol. The Bertz CT molecular complexity index is 538. The Hall–Kier alpha value is -1.55. The molecule has 1 aromatic carbocycles. The number of rotatable bonds is 2. The fraction of sp³-hybridized carbons (Fsp3) is 0.632. The highest BCUT2D eigenvalue weighted by atomic mass is 16.6. The zero-order valence-electron chi connectivity index (χ0n) is 14.5. The fourth-order valence-corrected chi connectivity index (χ4v) is 3.67. The smallest absolute Gasteiger partial charge is 0.410 e. The Kier molecular flexibility index (Phi) is 4.62. The van der Waals surface area contributed by atoms with Gasteiger partial charge in [-0.1, -0.05) is 30.3 Å². The number of carbonyl (C=O) groups excluding carboxylic acids is 1. The molecule has 2 bridgehead atoms. The van der Waals surface area contributed by atoms with Gasteiger partial charge in [-0.2, -0.15) is 0 Å². The van der Waals surface area contributed by atoms with E-state index in [0.717, 1.165) is 26.2 Å². The molecule has 3 saturated heterocycles. The molecule has 1 amide bonds. The lowest BCUT2D eigenvalue weighted by molar-refractivity contribution is 0.0233. The Morgan fingerprint density at radius 3 is 2.57 bits per heavy atom. The van der Waals surface area contributed by atoms with Crippen LogP contribution in [0.25, 0.3) is 0 Å². The summed E-state index contributed by atoms with van der Waals surface area (Å²) >= 11 is 0. The van der Waals surface area contributed by atoms with Crippen molar-refractivity contribution in [3.05, 3.63) is 35.9 Å². The van der Waals surface area contributed by atoms with Gasteiger partial charge in [0, 0.05) is 32.2 Å². The number of fused-ring (bicyclic) bond motifs is 4. The van der Waals surface area contributed by atoms with Crippen LogP contribution in [0.1, 0.15) is 39.2 Å². The third-order valence-corrected chi connectivity index (χ3v) is 4.71. The molecule has 4 nitrogen and oxygen atoms in total. The molecule has 4 heteroatoms. The van der Waals surface area contributed by atoms with Crippen LogP contribution in [0, 0.1) is 5.92 Å². The first-order valence-electron chi connectivity index (χ1n) is 8.66. The Morgan fingerprint density at radius 2 is 1.87 bits per heavy atom. The number of benzene rings is 1. The number of carbonyl (C=O) groups is 1. The average Bonchev–Trinajstić information content (AvgIpc) is 2.78. The Morgan fingerprint density at radius 1 is 1.13 bits per heavy atom. The fourth-order valence-electron chi connectivity index (χ4n) is 3.67. The van der Waals surface area contributed by atoms with Gasteiger partial charge >= 0.3 is 6.09 Å². The van der Waals surface area contributed by atoms with E-state index in [1.807, 2.05) is 25.7 Å². The normalized spacial score (nSPS) is 25.3. The molecule has 0 aliphatic carbocycles. The topological polar surface area (TPSA) is 32.8 Å². The standard InChI is InChI=1S/C19H28N2O2/c1-19(2,3)23-18(22)21-13-16-9-10-17(14-21)20(12-16)11-15-7-5-4-6-8-15/h4-8,16-17H,9-14H2,1-3H3/t16-,17-/m1/s1. The predicted octanol–water partition coefficient (Wildman–Crippen LogP) is 3.52. The lowest BCUT2D eigenvalue weighted by atomic mass is 9.94. The second kappa shape index (κ2) is 6.52. The van der Waals surface area contributed by atoms with Crippen LogP contribution in [-0.4, -0.2) is 47.2 Å². The first-order valence-corrected chi connectivity index (χ1v) is 8.66. The SMILES string of the molecule is CC(C)(C)OC(=O)N1C[C@@H]2CC[C@H](C1)N(Cc1ccccc1)C2. The van der Waals surface area contributed by atoms with Gasteiger partial charge in [0.1, 0.15) is 5.60 Å². The highest BCUT2D eigenvalue weighted by Gasteiger charge is 2.37. The first kappa shape index (κ1) is 16.3. The number of amides is 1. The molecule has 3 aliphatic heterocycles. The molecule has 0 spiro atoms. The molecule has 0 unspecified atom stereocenters. The third kappa shape index (κ3) is 4.25. The summed E-state index contributed by atoms with van der Waals surface area (Å²) in [5.41, 5.74) is 0.926. The average molecular weight is 316 g/mol. The van der Waals surface area contributed by atoms with Gasteiger partial charge in [-0.25, -0.2) is 4.79 Å². The molecule has 3 aliphatic rings. The highest BCUT2D eigenvalue weighted by Crippen LogP contribution is 2.30. The molecule has 1 aromatic rings. The minimum atomic E-state index is -0.424. The van der Waals surface area contributed by atoms with E-state index in [-0.39, 0.29) is 6.09 Å². The van der Waals surface area contributed by atoms with E-state index in [2.05, 4.69) is 35.2 Å². The zero-order valence-corrected chi connectivity index (χ0v) is 14.5. The quantitative estimate of drug-likeness (QED) is 0.837. The number of piperidine rings is 1. The maximum atomic E-state index is 12.4. The summed E-state index contributed by atoms with van der Waals surface area (Å²) in [7, 11) is 0. The van der Waals surface area contributed by atoms with E-state index < -0.39 is 5.60 Å². The molecular formula is C19H28N2O2. The van der Waals surface area contributed by atoms with E-state index in [9.17, 15) is 4.79 Å². The third-order valence-electron chi connectivity index (χ3n) is 4.71. The van der Waals surface area contributed by atoms with Crippen LogP contribution in [0.2, 0.25) is 0 Å². The van der Waals surface area contributed by atoms with Gasteiger partial charge in [-0.3, -0.25) is 4.90 Å². The van der Waals surface area contributed by atoms with E-state index in [4.69, 9.17) is 4.74 Å². The van der Waals surface area contributed by atoms with Crippen molar-refractivity contribution in [3.8, 4) is 0 Å². The van der Waals surface area contributed by atoms with E-state index in [0.29, 0.717) is 12.0 Å². The molecule has 0 radical (unpaired) electrons. The minimum absolute atomic E-state index is 0.157. The van der Waals surface area contributed by atoms with Crippen molar-refractivity contribution < 1.29 is 9.53 Å². The summed E-state index contributed by atoms with van der Waals surface area (Å²) in [4.78, 5) is 16.9. The Labute approximate surface area is 139 Å². The van der Waals surface area contributed by atoms with Crippen LogP contribution in [-0.2, 0) is 11.3 Å². The molecule has 2 atom stereocenters. The maximum Gasteiger partial charge on any atom is 0.410 e. The minimum Gasteiger partial charge on any atom is -0.444 e. The van der Waals surface area contributed by atoms with Gasteiger partial charge in [0.25, 0.3) is 0 Å². The molecule has 3 heterocycles. The van der Waals surface area contributed by atoms with Gasteiger partial charge in [0.05, 0.1) is 0 Å². The summed E-state index contributed by atoms with van der Waals surface area (Å²) in [5, 5.41) is 0. The summed E-state index contributed by atoms with van der Waals surface area (Å²) in [6, 6.07) is 11.1. The lowest BCUT2D eigenvalue weighted by Crippen LogP contribution is -2.44. The van der Waals surface area contributed by atoms with Crippen molar-refractivity contribution in [2.45, 2.75) is 51.8 Å². The van der Waals surface area contributed by atoms with Crippen LogP contribution in [0.15, 0.2) is 30.3 Å². The van der Waals surface area contributed by atoms with E-state index >= 15 is 0 Å². The summed E-state index contributed by atoms with van der Waals surface area (Å²) in [5.74, 6) is 0.560. The number of nitrogens with zero attached hydrogens (tertiary/aromatic N) is 2. The van der Waals surface area contributed by atoms with Gasteiger partial charge < -0.3 is 9.64 Å². The second-order valence-electron chi connectivity index (χ2n) is 7.90. The molecule has 0 aromatic heterocycles. The van der Waals surface area contributed by atoms with Crippen molar-refractivity contribution >= 4 is 6.09 Å². The monoisotopic (exact) mass is 316 g/mol. The summed E-state index contributed by atoms with van der Waals surface area (Å²) < 4.78 is 5.58. The van der Waals surface area contributed by atoms with Crippen LogP contribution in [0.3, 0.4) is 0 Å². The Balaban J connectivity index is 1.67. The molecule has 23 heavy (non-hydrogen) atoms. The van der Waals surface area contributed by atoms with Crippen LogP contribution in [0.5, 0.6) is 0 Å². The summed E-state index contributed by atoms with van der Waals surface area (Å²) in [6.45, 7) is 9.47. The second-order valence-corrected chi connectivity index (χ2v) is 7.90. The van der Waals surface area contributed by atoms with Crippen LogP contribution >= 0.6 is 0 Å². The molecule has 0 N–H and O–H groups in total. The van der Waals surface area contributed by atoms with Crippen molar-refractivity contribution in [1.29, 1.82) is 0 Å². The van der Waals surface area contributed by atoms with Crippen molar-refractivity contribution in [2.75, 3.05) is 19.6 Å². The lowest BCUT2D eigenvalue weighted by Gasteiger charge is -2.36. The number of ether oxygens (including phenoxy) is 1. The van der Waals surface area contributed by atoms with Crippen molar-refractivity contribution in [2.24, 2.45) is 5.92 Å². The van der Waals surface area contributed by atoms with Crippen LogP contribution < -0.4 is 0 Å². The molecule has 126 valence electrons. The van der Waals surface area contributed by atoms with E-state index in [1.165, 1.54) is 18.4 Å². The van der Waals surface area contributed by atoms with Crippen molar-refractivity contribution in [1.82, 2.24) is 9.80 Å². The number of hydrogen-bond donors (Lipinski definition) is 0. The number of hydrogen-bond acceptors (Lipinski definition) is 3. The van der Waals surface area contributed by atoms with Gasteiger partial charge in [-0.05, 0) is 45.1 Å². The van der Waals surface area contributed by atoms with Gasteiger partial charge in [0.2, 0.25) is 0 Å². The van der Waals surface area contributed by atoms with Crippen molar-refractivity contribution in [3.63, 3.8) is 0 Å². The van der Waals surface area contributed by atoms with Crippen LogP contribution in [0.4, 0.5) is 4.79 Å². The molecule has 4 rings (SSSR count). The first-order chi connectivity index (χ1) is 10.9. The molecule has 3 fully saturated rings. The highest BCUT2D eigenvalue weighted by molar-refractivity contribution is 5.68. The predicted molar refractivity (Wildman–Crippen MR) is 91.2 cm³/mol. The zero-order chi connectivity index (χ0) is 16.4. The van der Waals surface area contributed by atoms with Gasteiger partial charge in [0.15, 0.2) is 0 Å². The molecule has 0 saturated carbocycles.